The number of carboxylic acids is 1. The number of hydrogen-bond acceptors (Lipinski definition) is 5. The second-order valence-corrected chi connectivity index (χ2v) is 5.48. The summed E-state index contributed by atoms with van der Waals surface area (Å²) in [5.74, 6) is -1.37. The Hall–Kier alpha value is -1.44. The Morgan fingerprint density at radius 1 is 1.44 bits per heavy atom. The van der Waals surface area contributed by atoms with E-state index in [2.05, 4.69) is 10.3 Å². The van der Waals surface area contributed by atoms with Crippen molar-refractivity contribution in [2.24, 2.45) is 0 Å². The predicted molar refractivity (Wildman–Crippen MR) is 69.6 cm³/mol. The zero-order chi connectivity index (χ0) is 13.1. The van der Waals surface area contributed by atoms with E-state index in [4.69, 9.17) is 16.7 Å². The van der Waals surface area contributed by atoms with Crippen LogP contribution < -0.4 is 5.32 Å². The maximum Gasteiger partial charge on any atom is 0.355 e. The molecule has 2 heterocycles. The molecule has 0 aromatic carbocycles. The van der Waals surface area contributed by atoms with Gasteiger partial charge in [-0.1, -0.05) is 11.6 Å². The monoisotopic (exact) mass is 302 g/mol. The normalized spacial score (nSPS) is 10.3. The molecule has 2 N–H and O–H groups in total. The summed E-state index contributed by atoms with van der Waals surface area (Å²) in [5, 5.41) is 15.4. The zero-order valence-corrected chi connectivity index (χ0v) is 11.2. The lowest BCUT2D eigenvalue weighted by Gasteiger charge is -2.00. The summed E-state index contributed by atoms with van der Waals surface area (Å²) in [6.07, 6.45) is 0. The molecule has 0 saturated carbocycles. The van der Waals surface area contributed by atoms with Crippen LogP contribution in [0.3, 0.4) is 0 Å². The first kappa shape index (κ1) is 13.0. The summed E-state index contributed by atoms with van der Waals surface area (Å²) in [6, 6.07) is 1.65. The van der Waals surface area contributed by atoms with Gasteiger partial charge in [0.1, 0.15) is 9.88 Å². The lowest BCUT2D eigenvalue weighted by Crippen LogP contribution is -2.22. The van der Waals surface area contributed by atoms with Crippen LogP contribution in [0.4, 0.5) is 0 Å². The van der Waals surface area contributed by atoms with Gasteiger partial charge in [-0.3, -0.25) is 4.79 Å². The molecule has 8 heteroatoms. The van der Waals surface area contributed by atoms with Crippen molar-refractivity contribution >= 4 is 46.2 Å². The van der Waals surface area contributed by atoms with E-state index >= 15 is 0 Å². The molecule has 0 aliphatic rings. The fourth-order valence-electron chi connectivity index (χ4n) is 1.18. The number of thiazole rings is 1. The van der Waals surface area contributed by atoms with Gasteiger partial charge in [-0.05, 0) is 11.4 Å². The number of halogens is 1. The molecule has 0 fully saturated rings. The molecule has 0 radical (unpaired) electrons. The van der Waals surface area contributed by atoms with Crippen molar-refractivity contribution < 1.29 is 14.7 Å². The number of aromatic nitrogens is 1. The molecular weight excluding hydrogens is 296 g/mol. The number of amides is 1. The minimum absolute atomic E-state index is 0.0154. The molecule has 0 bridgehead atoms. The van der Waals surface area contributed by atoms with Crippen LogP contribution in [0.1, 0.15) is 25.2 Å². The van der Waals surface area contributed by atoms with Crippen LogP contribution in [0.5, 0.6) is 0 Å². The van der Waals surface area contributed by atoms with Crippen molar-refractivity contribution in [2.45, 2.75) is 6.54 Å². The van der Waals surface area contributed by atoms with Crippen LogP contribution >= 0.6 is 34.3 Å². The third kappa shape index (κ3) is 2.87. The number of carboxylic acid groups (broad SMARTS) is 1. The lowest BCUT2D eigenvalue weighted by molar-refractivity contribution is 0.0691. The van der Waals surface area contributed by atoms with Crippen molar-refractivity contribution in [1.29, 1.82) is 0 Å². The van der Waals surface area contributed by atoms with Crippen molar-refractivity contribution in [2.75, 3.05) is 0 Å². The Balaban J connectivity index is 1.97. The first-order chi connectivity index (χ1) is 8.58. The first-order valence-electron chi connectivity index (χ1n) is 4.77. The van der Waals surface area contributed by atoms with E-state index in [0.29, 0.717) is 14.9 Å². The van der Waals surface area contributed by atoms with Gasteiger partial charge in [0.2, 0.25) is 0 Å². The summed E-state index contributed by atoms with van der Waals surface area (Å²) >= 11 is 8.25. The van der Waals surface area contributed by atoms with Crippen molar-refractivity contribution in [3.05, 3.63) is 37.4 Å². The van der Waals surface area contributed by atoms with Gasteiger partial charge in [0.25, 0.3) is 5.91 Å². The molecule has 0 aliphatic heterocycles. The Morgan fingerprint density at radius 3 is 2.78 bits per heavy atom. The van der Waals surface area contributed by atoms with E-state index in [-0.39, 0.29) is 18.1 Å². The van der Waals surface area contributed by atoms with Crippen molar-refractivity contribution in [3.63, 3.8) is 0 Å². The van der Waals surface area contributed by atoms with Gasteiger partial charge in [0, 0.05) is 5.38 Å². The Labute approximate surface area is 115 Å². The van der Waals surface area contributed by atoms with Crippen LogP contribution in [-0.2, 0) is 6.54 Å². The Morgan fingerprint density at radius 2 is 2.22 bits per heavy atom. The summed E-state index contributed by atoms with van der Waals surface area (Å²) in [6.45, 7) is 0.186. The largest absolute Gasteiger partial charge is 0.476 e. The molecule has 2 rings (SSSR count). The molecule has 18 heavy (non-hydrogen) atoms. The number of nitrogens with zero attached hydrogens (tertiary/aromatic N) is 1. The summed E-state index contributed by atoms with van der Waals surface area (Å²) in [7, 11) is 0. The van der Waals surface area contributed by atoms with Crippen LogP contribution in [0, 0.1) is 0 Å². The highest BCUT2D eigenvalue weighted by molar-refractivity contribution is 7.12. The molecule has 0 unspecified atom stereocenters. The number of aromatic carboxylic acids is 1. The summed E-state index contributed by atoms with van der Waals surface area (Å²) in [5.41, 5.74) is -0.0154. The third-order valence-corrected chi connectivity index (χ3v) is 4.18. The molecule has 94 valence electrons. The van der Waals surface area contributed by atoms with Gasteiger partial charge in [0.05, 0.1) is 11.6 Å². The SMILES string of the molecule is O=C(O)c1csc(CNC(=O)c2sccc2Cl)n1. The van der Waals surface area contributed by atoms with E-state index in [1.165, 1.54) is 28.1 Å². The number of carbonyl (C=O) groups is 2. The third-order valence-electron chi connectivity index (χ3n) is 1.99. The van der Waals surface area contributed by atoms with Crippen LogP contribution in [0.15, 0.2) is 16.8 Å². The smallest absolute Gasteiger partial charge is 0.355 e. The van der Waals surface area contributed by atoms with Gasteiger partial charge >= 0.3 is 5.97 Å². The minimum Gasteiger partial charge on any atom is -0.476 e. The lowest BCUT2D eigenvalue weighted by atomic mass is 10.4. The van der Waals surface area contributed by atoms with Crippen LogP contribution in [0.2, 0.25) is 5.02 Å². The van der Waals surface area contributed by atoms with Gasteiger partial charge in [0.15, 0.2) is 5.69 Å². The average Bonchev–Trinajstić information content (AvgIpc) is 2.94. The molecule has 0 aliphatic carbocycles. The molecule has 1 amide bonds. The zero-order valence-electron chi connectivity index (χ0n) is 8.84. The molecule has 2 aromatic rings. The van der Waals surface area contributed by atoms with Crippen molar-refractivity contribution in [1.82, 2.24) is 10.3 Å². The predicted octanol–water partition coefficient (Wildman–Crippen LogP) is 2.49. The topological polar surface area (TPSA) is 79.3 Å². The quantitative estimate of drug-likeness (QED) is 0.909. The number of thiophene rings is 1. The van der Waals surface area contributed by atoms with Gasteiger partial charge in [-0.2, -0.15) is 0 Å². The number of hydrogen-bond donors (Lipinski definition) is 2. The van der Waals surface area contributed by atoms with E-state index in [1.54, 1.807) is 11.4 Å². The standard InChI is InChI=1S/C10H7ClN2O3S2/c11-5-1-2-17-8(5)9(14)12-3-7-13-6(4-18-7)10(15)16/h1-2,4H,3H2,(H,12,14)(H,15,16). The molecule has 0 spiro atoms. The number of carbonyl (C=O) groups excluding carboxylic acids is 1. The highest BCUT2D eigenvalue weighted by Gasteiger charge is 2.13. The average molecular weight is 303 g/mol. The second-order valence-electron chi connectivity index (χ2n) is 3.21. The Kier molecular flexibility index (Phi) is 3.95. The molecule has 0 saturated heterocycles. The Bertz CT molecular complexity index is 593. The van der Waals surface area contributed by atoms with Gasteiger partial charge in [-0.15, -0.1) is 22.7 Å². The molecule has 2 aromatic heterocycles. The van der Waals surface area contributed by atoms with Crippen LogP contribution in [-0.4, -0.2) is 22.0 Å². The van der Waals surface area contributed by atoms with E-state index in [9.17, 15) is 9.59 Å². The van der Waals surface area contributed by atoms with E-state index in [1.807, 2.05) is 0 Å². The molecular formula is C10H7ClN2O3S2. The number of nitrogens with one attached hydrogen (secondary N) is 1. The van der Waals surface area contributed by atoms with E-state index < -0.39 is 5.97 Å². The minimum atomic E-state index is -1.08. The highest BCUT2D eigenvalue weighted by atomic mass is 35.5. The number of rotatable bonds is 4. The maximum absolute atomic E-state index is 11.7. The second kappa shape index (κ2) is 5.47. The van der Waals surface area contributed by atoms with Crippen molar-refractivity contribution in [3.8, 4) is 0 Å². The van der Waals surface area contributed by atoms with E-state index in [0.717, 1.165) is 0 Å². The first-order valence-corrected chi connectivity index (χ1v) is 6.90. The summed E-state index contributed by atoms with van der Waals surface area (Å²) in [4.78, 5) is 26.6. The fraction of sp³-hybridized carbons (Fsp3) is 0.100. The molecule has 5 nitrogen and oxygen atoms in total. The van der Waals surface area contributed by atoms with Gasteiger partial charge in [-0.25, -0.2) is 9.78 Å². The molecule has 0 atom stereocenters. The van der Waals surface area contributed by atoms with Crippen LogP contribution in [0.25, 0.3) is 0 Å². The highest BCUT2D eigenvalue weighted by Crippen LogP contribution is 2.21. The maximum atomic E-state index is 11.7. The fourth-order valence-corrected chi connectivity index (χ4v) is 2.95. The van der Waals surface area contributed by atoms with Gasteiger partial charge < -0.3 is 10.4 Å². The summed E-state index contributed by atoms with van der Waals surface area (Å²) < 4.78 is 0.